The van der Waals surface area contributed by atoms with Crippen LogP contribution in [0.15, 0.2) is 12.1 Å². The van der Waals surface area contributed by atoms with Crippen LogP contribution in [-0.4, -0.2) is 18.0 Å². The number of aromatic hydroxyl groups is 1. The highest BCUT2D eigenvalue weighted by molar-refractivity contribution is 5.83. The van der Waals surface area contributed by atoms with E-state index >= 15 is 0 Å². The van der Waals surface area contributed by atoms with E-state index in [1.54, 1.807) is 7.11 Å². The Morgan fingerprint density at radius 3 is 2.77 bits per heavy atom. The first-order valence-corrected chi connectivity index (χ1v) is 8.53. The number of methoxy groups -OCH3 is 1. The Morgan fingerprint density at radius 2 is 2.00 bits per heavy atom. The highest BCUT2D eigenvalue weighted by Gasteiger charge is 2.50. The van der Waals surface area contributed by atoms with Crippen LogP contribution in [0, 0.1) is 23.7 Å². The summed E-state index contributed by atoms with van der Waals surface area (Å²) in [6.45, 7) is 2.35. The van der Waals surface area contributed by atoms with Crippen molar-refractivity contribution in [1.29, 1.82) is 0 Å². The van der Waals surface area contributed by atoms with Crippen LogP contribution in [0.5, 0.6) is 11.5 Å². The van der Waals surface area contributed by atoms with Gasteiger partial charge in [0, 0.05) is 23.8 Å². The molecule has 3 aliphatic rings. The number of benzene rings is 1. The fraction of sp³-hybridized carbons (Fsp3) is 0.632. The molecular weight excluding hydrogens is 276 g/mol. The minimum absolute atomic E-state index is 0.100. The van der Waals surface area contributed by atoms with Gasteiger partial charge in [-0.05, 0) is 55.1 Å². The van der Waals surface area contributed by atoms with Crippen LogP contribution in [-0.2, 0) is 11.2 Å². The maximum absolute atomic E-state index is 12.5. The molecule has 1 aromatic rings. The monoisotopic (exact) mass is 300 g/mol. The van der Waals surface area contributed by atoms with Gasteiger partial charge in [-0.15, -0.1) is 0 Å². The molecule has 0 amide bonds. The molecule has 0 spiro atoms. The molecule has 1 N–H and O–H groups in total. The van der Waals surface area contributed by atoms with Crippen molar-refractivity contribution in [2.45, 2.75) is 44.9 Å². The highest BCUT2D eigenvalue weighted by Crippen LogP contribution is 2.58. The largest absolute Gasteiger partial charge is 0.504 e. The molecule has 3 nitrogen and oxygen atoms in total. The molecule has 3 heteroatoms. The lowest BCUT2D eigenvalue weighted by molar-refractivity contribution is -0.127. The van der Waals surface area contributed by atoms with Crippen molar-refractivity contribution in [3.8, 4) is 11.5 Å². The van der Waals surface area contributed by atoms with Gasteiger partial charge < -0.3 is 9.84 Å². The second-order valence-electron chi connectivity index (χ2n) is 7.41. The van der Waals surface area contributed by atoms with Crippen LogP contribution in [0.1, 0.15) is 49.7 Å². The van der Waals surface area contributed by atoms with Gasteiger partial charge in [-0.1, -0.05) is 13.0 Å². The number of hydrogen-bond donors (Lipinski definition) is 1. The summed E-state index contributed by atoms with van der Waals surface area (Å²) < 4.78 is 5.32. The maximum atomic E-state index is 12.5. The van der Waals surface area contributed by atoms with Crippen molar-refractivity contribution in [2.24, 2.45) is 23.7 Å². The lowest BCUT2D eigenvalue weighted by Gasteiger charge is -2.45. The number of Topliss-reactive ketones (excluding diaryl/α,β-unsaturated/α-hetero) is 1. The molecule has 0 aliphatic heterocycles. The molecule has 0 heterocycles. The average Bonchev–Trinajstić information content (AvgIpc) is 2.57. The standard InChI is InChI=1S/C19H24O3/c1-10-3-5-13-15(20)7-6-12-14(10)9-11-4-8-16(22-2)19(21)17(11)18(12)13/h4,8,10,12-14,18,21H,3,5-7,9H2,1-2H3/t10?,12?,13?,14-,18?/m0/s1. The van der Waals surface area contributed by atoms with E-state index < -0.39 is 0 Å². The summed E-state index contributed by atoms with van der Waals surface area (Å²) in [6, 6.07) is 3.97. The fourth-order valence-electron chi connectivity index (χ4n) is 5.44. The van der Waals surface area contributed by atoms with Gasteiger partial charge >= 0.3 is 0 Å². The summed E-state index contributed by atoms with van der Waals surface area (Å²) in [7, 11) is 1.59. The highest BCUT2D eigenvalue weighted by atomic mass is 16.5. The quantitative estimate of drug-likeness (QED) is 0.860. The second kappa shape index (κ2) is 5.00. The average molecular weight is 300 g/mol. The summed E-state index contributed by atoms with van der Waals surface area (Å²) in [5, 5.41) is 10.7. The van der Waals surface area contributed by atoms with Crippen LogP contribution in [0.4, 0.5) is 0 Å². The van der Waals surface area contributed by atoms with Gasteiger partial charge in [0.05, 0.1) is 7.11 Å². The Labute approximate surface area is 131 Å². The Balaban J connectivity index is 1.92. The SMILES string of the molecule is COc1ccc2c(c1O)C1C3CCC(C)[C@H](C2)C1CCC3=O. The van der Waals surface area contributed by atoms with Gasteiger partial charge in [-0.2, -0.15) is 0 Å². The Hall–Kier alpha value is -1.51. The summed E-state index contributed by atoms with van der Waals surface area (Å²) >= 11 is 0. The number of carbonyl (C=O) groups excluding carboxylic acids is 1. The van der Waals surface area contributed by atoms with E-state index in [0.717, 1.165) is 37.7 Å². The molecule has 4 rings (SSSR count). The molecule has 22 heavy (non-hydrogen) atoms. The summed E-state index contributed by atoms with van der Waals surface area (Å²) in [6.07, 6.45) is 4.88. The lowest BCUT2D eigenvalue weighted by atomic mass is 9.58. The van der Waals surface area contributed by atoms with Gasteiger partial charge in [0.2, 0.25) is 0 Å². The van der Waals surface area contributed by atoms with Gasteiger partial charge in [-0.25, -0.2) is 0 Å². The second-order valence-corrected chi connectivity index (χ2v) is 7.41. The maximum Gasteiger partial charge on any atom is 0.161 e. The van der Waals surface area contributed by atoms with Crippen molar-refractivity contribution in [3.05, 3.63) is 23.3 Å². The Kier molecular flexibility index (Phi) is 3.21. The molecule has 0 saturated heterocycles. The van der Waals surface area contributed by atoms with Crippen molar-refractivity contribution in [3.63, 3.8) is 0 Å². The van der Waals surface area contributed by atoms with E-state index in [2.05, 4.69) is 13.0 Å². The Bertz CT molecular complexity index is 621. The molecule has 4 bridgehead atoms. The molecule has 5 atom stereocenters. The number of carbonyl (C=O) groups is 1. The van der Waals surface area contributed by atoms with Crippen LogP contribution in [0.3, 0.4) is 0 Å². The van der Waals surface area contributed by atoms with E-state index in [0.29, 0.717) is 29.3 Å². The molecule has 2 fully saturated rings. The van der Waals surface area contributed by atoms with E-state index in [-0.39, 0.29) is 17.6 Å². The Morgan fingerprint density at radius 1 is 1.18 bits per heavy atom. The number of hydrogen-bond acceptors (Lipinski definition) is 3. The van der Waals surface area contributed by atoms with Crippen LogP contribution < -0.4 is 4.74 Å². The minimum atomic E-state index is 0.100. The van der Waals surface area contributed by atoms with Gasteiger partial charge in [0.25, 0.3) is 0 Å². The zero-order valence-electron chi connectivity index (χ0n) is 13.3. The van der Waals surface area contributed by atoms with Gasteiger partial charge in [-0.3, -0.25) is 4.79 Å². The van der Waals surface area contributed by atoms with Gasteiger partial charge in [0.1, 0.15) is 5.78 Å². The number of ketones is 1. The molecular formula is C19H24O3. The van der Waals surface area contributed by atoms with E-state index in [1.165, 1.54) is 5.56 Å². The molecule has 4 unspecified atom stereocenters. The summed E-state index contributed by atoms with van der Waals surface area (Å²) in [5.41, 5.74) is 2.26. The zero-order chi connectivity index (χ0) is 15.4. The first-order chi connectivity index (χ1) is 10.6. The normalized spacial score (nSPS) is 36.5. The number of rotatable bonds is 1. The minimum Gasteiger partial charge on any atom is -0.504 e. The van der Waals surface area contributed by atoms with Gasteiger partial charge in [0.15, 0.2) is 11.5 Å². The molecule has 118 valence electrons. The van der Waals surface area contributed by atoms with Crippen molar-refractivity contribution in [1.82, 2.24) is 0 Å². The third-order valence-electron chi connectivity index (χ3n) is 6.53. The third kappa shape index (κ3) is 1.84. The number of ether oxygens (including phenoxy) is 1. The van der Waals surface area contributed by atoms with Crippen molar-refractivity contribution >= 4 is 5.78 Å². The molecule has 0 aromatic heterocycles. The first kappa shape index (κ1) is 14.1. The number of phenols is 1. The van der Waals surface area contributed by atoms with Crippen molar-refractivity contribution in [2.75, 3.05) is 7.11 Å². The molecule has 1 aromatic carbocycles. The van der Waals surface area contributed by atoms with Crippen molar-refractivity contribution < 1.29 is 14.6 Å². The molecule has 0 radical (unpaired) electrons. The van der Waals surface area contributed by atoms with Crippen LogP contribution in [0.25, 0.3) is 0 Å². The molecule has 3 aliphatic carbocycles. The number of fused-ring (bicyclic) bond motifs is 1. The van der Waals surface area contributed by atoms with E-state index in [1.807, 2.05) is 6.07 Å². The van der Waals surface area contributed by atoms with Crippen LogP contribution >= 0.6 is 0 Å². The van der Waals surface area contributed by atoms with Crippen LogP contribution in [0.2, 0.25) is 0 Å². The third-order valence-corrected chi connectivity index (χ3v) is 6.53. The summed E-state index contributed by atoms with van der Waals surface area (Å²) in [4.78, 5) is 12.5. The lowest BCUT2D eigenvalue weighted by Crippen LogP contribution is -2.40. The predicted molar refractivity (Wildman–Crippen MR) is 84.2 cm³/mol. The predicted octanol–water partition coefficient (Wildman–Crippen LogP) is 3.68. The van der Waals surface area contributed by atoms with E-state index in [9.17, 15) is 9.90 Å². The van der Waals surface area contributed by atoms with E-state index in [4.69, 9.17) is 4.74 Å². The number of phenolic OH excluding ortho intramolecular Hbond substituents is 1. The first-order valence-electron chi connectivity index (χ1n) is 8.53. The topological polar surface area (TPSA) is 46.5 Å². The summed E-state index contributed by atoms with van der Waals surface area (Å²) in [5.74, 6) is 3.40. The molecule has 2 saturated carbocycles. The fourth-order valence-corrected chi connectivity index (χ4v) is 5.44. The zero-order valence-corrected chi connectivity index (χ0v) is 13.3. The smallest absolute Gasteiger partial charge is 0.161 e.